The van der Waals surface area contributed by atoms with Gasteiger partial charge in [0.1, 0.15) is 6.33 Å². The minimum atomic E-state index is 0. The molecule has 0 radical (unpaired) electrons. The van der Waals surface area contributed by atoms with Crippen molar-refractivity contribution in [3.8, 4) is 10.4 Å². The van der Waals surface area contributed by atoms with Gasteiger partial charge in [0, 0.05) is 40.8 Å². The Morgan fingerprint density at radius 2 is 1.88 bits per heavy atom. The molecule has 1 aliphatic carbocycles. The average molecular weight is 343 g/mol. The molecule has 0 aromatic carbocycles. The van der Waals surface area contributed by atoms with Gasteiger partial charge in [-0.1, -0.05) is 20.3 Å². The molecule has 24 heavy (non-hydrogen) atoms. The SMILES string of the molecule is C.O=C(c1csc(-c2cncnc2)c1)N1CCCC2CCCCC21. The molecule has 2 atom stereocenters. The number of fused-ring (bicyclic) bond motifs is 1. The summed E-state index contributed by atoms with van der Waals surface area (Å²) in [6.07, 6.45) is 12.6. The Morgan fingerprint density at radius 1 is 1.12 bits per heavy atom. The van der Waals surface area contributed by atoms with Crippen LogP contribution in [0.1, 0.15) is 56.3 Å². The molecule has 0 spiro atoms. The van der Waals surface area contributed by atoms with Crippen molar-refractivity contribution in [1.29, 1.82) is 0 Å². The van der Waals surface area contributed by atoms with Crippen molar-refractivity contribution in [3.63, 3.8) is 0 Å². The van der Waals surface area contributed by atoms with Crippen LogP contribution in [0.3, 0.4) is 0 Å². The summed E-state index contributed by atoms with van der Waals surface area (Å²) < 4.78 is 0. The second kappa shape index (κ2) is 7.43. The second-order valence-corrected chi connectivity index (χ2v) is 7.49. The Bertz CT molecular complexity index is 683. The molecule has 1 aliphatic heterocycles. The van der Waals surface area contributed by atoms with Crippen LogP contribution in [0.5, 0.6) is 0 Å². The number of thiophene rings is 1. The van der Waals surface area contributed by atoms with E-state index in [-0.39, 0.29) is 13.3 Å². The Labute approximate surface area is 147 Å². The van der Waals surface area contributed by atoms with Gasteiger partial charge < -0.3 is 4.90 Å². The number of likely N-dealkylation sites (tertiary alicyclic amines) is 1. The first kappa shape index (κ1) is 17.1. The number of carbonyl (C=O) groups is 1. The van der Waals surface area contributed by atoms with E-state index in [2.05, 4.69) is 14.9 Å². The van der Waals surface area contributed by atoms with E-state index < -0.39 is 0 Å². The molecule has 2 aliphatic rings. The lowest BCUT2D eigenvalue weighted by Gasteiger charge is -2.44. The number of hydrogen-bond donors (Lipinski definition) is 0. The summed E-state index contributed by atoms with van der Waals surface area (Å²) in [5.74, 6) is 0.933. The summed E-state index contributed by atoms with van der Waals surface area (Å²) in [7, 11) is 0. The number of piperidine rings is 1. The maximum Gasteiger partial charge on any atom is 0.254 e. The van der Waals surface area contributed by atoms with Crippen molar-refractivity contribution in [2.45, 2.75) is 52.0 Å². The highest BCUT2D eigenvalue weighted by Gasteiger charge is 2.36. The second-order valence-electron chi connectivity index (χ2n) is 6.58. The van der Waals surface area contributed by atoms with Crippen LogP contribution in [0.2, 0.25) is 0 Å². The van der Waals surface area contributed by atoms with Crippen molar-refractivity contribution in [2.75, 3.05) is 6.54 Å². The van der Waals surface area contributed by atoms with E-state index in [1.807, 2.05) is 11.4 Å². The van der Waals surface area contributed by atoms with Crippen molar-refractivity contribution in [1.82, 2.24) is 14.9 Å². The van der Waals surface area contributed by atoms with E-state index >= 15 is 0 Å². The van der Waals surface area contributed by atoms with Gasteiger partial charge in [0.25, 0.3) is 5.91 Å². The molecule has 1 amide bonds. The van der Waals surface area contributed by atoms with Crippen LogP contribution in [-0.4, -0.2) is 33.4 Å². The van der Waals surface area contributed by atoms with Crippen LogP contribution >= 0.6 is 11.3 Å². The first-order valence-corrected chi connectivity index (χ1v) is 9.36. The fourth-order valence-electron chi connectivity index (χ4n) is 4.07. The highest BCUT2D eigenvalue weighted by molar-refractivity contribution is 7.13. The highest BCUT2D eigenvalue weighted by Crippen LogP contribution is 2.36. The zero-order chi connectivity index (χ0) is 15.6. The molecule has 0 N–H and O–H groups in total. The molecular weight excluding hydrogens is 318 g/mol. The van der Waals surface area contributed by atoms with Gasteiger partial charge in [0.2, 0.25) is 0 Å². The minimum absolute atomic E-state index is 0. The highest BCUT2D eigenvalue weighted by atomic mass is 32.1. The Kier molecular flexibility index (Phi) is 5.29. The molecule has 1 saturated carbocycles. The van der Waals surface area contributed by atoms with Crippen LogP contribution < -0.4 is 0 Å². The standard InChI is InChI=1S/C18H21N3OS.CH4/c22-18(21-7-3-5-13-4-1-2-6-16(13)21)14-8-17(23-11-14)15-9-19-12-20-10-15;/h8-13,16H,1-7H2;1H4. The molecule has 2 aromatic rings. The van der Waals surface area contributed by atoms with Crippen LogP contribution in [0.4, 0.5) is 0 Å². The third kappa shape index (κ3) is 3.22. The third-order valence-electron chi connectivity index (χ3n) is 5.20. The quantitative estimate of drug-likeness (QED) is 0.798. The van der Waals surface area contributed by atoms with Gasteiger partial charge in [-0.25, -0.2) is 9.97 Å². The molecule has 2 aromatic heterocycles. The maximum atomic E-state index is 13.0. The predicted molar refractivity (Wildman–Crippen MR) is 98.1 cm³/mol. The van der Waals surface area contributed by atoms with Gasteiger partial charge in [-0.05, 0) is 37.7 Å². The van der Waals surface area contributed by atoms with E-state index in [4.69, 9.17) is 0 Å². The van der Waals surface area contributed by atoms with Crippen LogP contribution in [-0.2, 0) is 0 Å². The summed E-state index contributed by atoms with van der Waals surface area (Å²) in [5.41, 5.74) is 1.80. The van der Waals surface area contributed by atoms with Crippen molar-refractivity contribution in [2.24, 2.45) is 5.92 Å². The maximum absolute atomic E-state index is 13.0. The lowest BCUT2D eigenvalue weighted by molar-refractivity contribution is 0.0391. The fraction of sp³-hybridized carbons (Fsp3) is 0.526. The third-order valence-corrected chi connectivity index (χ3v) is 6.17. The zero-order valence-electron chi connectivity index (χ0n) is 13.1. The topological polar surface area (TPSA) is 46.1 Å². The Morgan fingerprint density at radius 3 is 2.71 bits per heavy atom. The fourth-order valence-corrected chi connectivity index (χ4v) is 4.93. The summed E-state index contributed by atoms with van der Waals surface area (Å²) in [5, 5.41) is 1.98. The first-order valence-electron chi connectivity index (χ1n) is 8.48. The van der Waals surface area contributed by atoms with Crippen molar-refractivity contribution < 1.29 is 4.79 Å². The molecule has 2 fully saturated rings. The lowest BCUT2D eigenvalue weighted by Crippen LogP contribution is -2.49. The molecule has 4 rings (SSSR count). The van der Waals surface area contributed by atoms with E-state index in [9.17, 15) is 4.79 Å². The van der Waals surface area contributed by atoms with Crippen molar-refractivity contribution >= 4 is 17.2 Å². The number of carbonyl (C=O) groups excluding carboxylic acids is 1. The molecule has 4 nitrogen and oxygen atoms in total. The molecule has 1 saturated heterocycles. The zero-order valence-corrected chi connectivity index (χ0v) is 14.0. The Balaban J connectivity index is 0.00000169. The molecule has 5 heteroatoms. The molecule has 2 unspecified atom stereocenters. The van der Waals surface area contributed by atoms with Gasteiger partial charge >= 0.3 is 0 Å². The predicted octanol–water partition coefficient (Wildman–Crippen LogP) is 4.64. The van der Waals surface area contributed by atoms with Crippen LogP contribution in [0.25, 0.3) is 10.4 Å². The number of amides is 1. The molecule has 128 valence electrons. The monoisotopic (exact) mass is 343 g/mol. The molecule has 3 heterocycles. The van der Waals surface area contributed by atoms with Gasteiger partial charge in [-0.3, -0.25) is 4.79 Å². The van der Waals surface area contributed by atoms with Crippen molar-refractivity contribution in [3.05, 3.63) is 35.7 Å². The van der Waals surface area contributed by atoms with E-state index in [1.165, 1.54) is 38.4 Å². The number of hydrogen-bond acceptors (Lipinski definition) is 4. The summed E-state index contributed by atoms with van der Waals surface area (Å²) in [6, 6.07) is 2.46. The average Bonchev–Trinajstić information content (AvgIpc) is 3.11. The van der Waals surface area contributed by atoms with E-state index in [0.29, 0.717) is 6.04 Å². The van der Waals surface area contributed by atoms with Crippen LogP contribution in [0.15, 0.2) is 30.2 Å². The Hall–Kier alpha value is -1.75. The van der Waals surface area contributed by atoms with Gasteiger partial charge in [0.15, 0.2) is 0 Å². The first-order chi connectivity index (χ1) is 11.3. The number of nitrogens with zero attached hydrogens (tertiary/aromatic N) is 3. The summed E-state index contributed by atoms with van der Waals surface area (Å²) in [6.45, 7) is 0.916. The van der Waals surface area contributed by atoms with Crippen LogP contribution in [0, 0.1) is 5.92 Å². The molecular formula is C19H25N3OS. The minimum Gasteiger partial charge on any atom is -0.335 e. The largest absolute Gasteiger partial charge is 0.335 e. The molecule has 0 bridgehead atoms. The van der Waals surface area contributed by atoms with E-state index in [0.717, 1.165) is 34.9 Å². The number of rotatable bonds is 2. The number of aromatic nitrogens is 2. The smallest absolute Gasteiger partial charge is 0.254 e. The van der Waals surface area contributed by atoms with Gasteiger partial charge in [0.05, 0.1) is 5.56 Å². The van der Waals surface area contributed by atoms with Gasteiger partial charge in [-0.2, -0.15) is 0 Å². The normalized spacial score (nSPS) is 23.2. The lowest BCUT2D eigenvalue weighted by atomic mass is 9.78. The van der Waals surface area contributed by atoms with Gasteiger partial charge in [-0.15, -0.1) is 11.3 Å². The summed E-state index contributed by atoms with van der Waals surface area (Å²) in [4.78, 5) is 24.3. The summed E-state index contributed by atoms with van der Waals surface area (Å²) >= 11 is 1.60. The van der Waals surface area contributed by atoms with E-state index in [1.54, 1.807) is 23.7 Å².